The van der Waals surface area contributed by atoms with Crippen molar-refractivity contribution in [3.8, 4) is 0 Å². The molecule has 1 saturated heterocycles. The molecule has 0 aliphatic carbocycles. The summed E-state index contributed by atoms with van der Waals surface area (Å²) in [4.78, 5) is 24.7. The van der Waals surface area contributed by atoms with Gasteiger partial charge in [0, 0.05) is 26.1 Å². The molecule has 2 N–H and O–H groups in total. The second kappa shape index (κ2) is 7.27. The molecule has 0 bridgehead atoms. The summed E-state index contributed by atoms with van der Waals surface area (Å²) in [5.41, 5.74) is 0.206. The molecule has 1 aromatic carbocycles. The Morgan fingerprint density at radius 1 is 1.42 bits per heavy atom. The smallest absolute Gasteiger partial charge is 0.241 e. The van der Waals surface area contributed by atoms with Crippen molar-refractivity contribution in [1.29, 1.82) is 0 Å². The maximum atomic E-state index is 13.2. The van der Waals surface area contributed by atoms with Crippen LogP contribution in [0.15, 0.2) is 23.1 Å². The number of rotatable bonds is 5. The van der Waals surface area contributed by atoms with Crippen molar-refractivity contribution in [2.24, 2.45) is 0 Å². The lowest BCUT2D eigenvalue weighted by atomic mass is 10.1. The highest BCUT2D eigenvalue weighted by Crippen LogP contribution is 2.14. The molecule has 1 atom stereocenters. The van der Waals surface area contributed by atoms with Gasteiger partial charge in [-0.2, -0.15) is 0 Å². The van der Waals surface area contributed by atoms with Gasteiger partial charge < -0.3 is 10.2 Å². The number of nitrogens with one attached hydrogen (secondary N) is 2. The maximum Gasteiger partial charge on any atom is 0.241 e. The minimum atomic E-state index is -3.90. The van der Waals surface area contributed by atoms with Crippen molar-refractivity contribution >= 4 is 21.8 Å². The van der Waals surface area contributed by atoms with E-state index in [0.29, 0.717) is 19.4 Å². The SMILES string of the molecule is Cc1cc(S(=O)(=O)NCC(=O)N[C@@H]2CCC(=O)N(C)C2)ccc1F. The van der Waals surface area contributed by atoms with Crippen LogP contribution >= 0.6 is 0 Å². The standard InChI is InChI=1S/C15H20FN3O4S/c1-10-7-12(4-5-13(10)16)24(22,23)17-8-14(20)18-11-3-6-15(21)19(2)9-11/h4-5,7,11,17H,3,6,8-9H2,1-2H3,(H,18,20)/t11-/m1/s1. The van der Waals surface area contributed by atoms with E-state index in [0.717, 1.165) is 12.1 Å². The summed E-state index contributed by atoms with van der Waals surface area (Å²) in [6.07, 6.45) is 0.876. The third kappa shape index (κ3) is 4.51. The van der Waals surface area contributed by atoms with Gasteiger partial charge in [0.05, 0.1) is 11.4 Å². The maximum absolute atomic E-state index is 13.2. The number of aryl methyl sites for hydroxylation is 1. The van der Waals surface area contributed by atoms with Gasteiger partial charge in [0.15, 0.2) is 0 Å². The number of amides is 2. The van der Waals surface area contributed by atoms with E-state index >= 15 is 0 Å². The molecular weight excluding hydrogens is 337 g/mol. The molecule has 2 amide bonds. The third-order valence-corrected chi connectivity index (χ3v) is 5.25. The first-order valence-electron chi connectivity index (χ1n) is 7.48. The minimum Gasteiger partial charge on any atom is -0.350 e. The highest BCUT2D eigenvalue weighted by atomic mass is 32.2. The average molecular weight is 357 g/mol. The quantitative estimate of drug-likeness (QED) is 0.784. The van der Waals surface area contributed by atoms with Crippen molar-refractivity contribution in [2.75, 3.05) is 20.1 Å². The number of likely N-dealkylation sites (N-methyl/N-ethyl adjacent to an activating group) is 1. The van der Waals surface area contributed by atoms with Crippen molar-refractivity contribution in [2.45, 2.75) is 30.7 Å². The van der Waals surface area contributed by atoms with Gasteiger partial charge in [0.2, 0.25) is 21.8 Å². The van der Waals surface area contributed by atoms with Gasteiger partial charge in [0.25, 0.3) is 0 Å². The van der Waals surface area contributed by atoms with Crippen molar-refractivity contribution < 1.29 is 22.4 Å². The molecule has 24 heavy (non-hydrogen) atoms. The number of hydrogen-bond acceptors (Lipinski definition) is 4. The highest BCUT2D eigenvalue weighted by molar-refractivity contribution is 7.89. The normalized spacial score (nSPS) is 18.5. The molecule has 0 saturated carbocycles. The second-order valence-corrected chi connectivity index (χ2v) is 7.58. The van der Waals surface area contributed by atoms with Crippen molar-refractivity contribution in [1.82, 2.24) is 14.9 Å². The number of carbonyl (C=O) groups is 2. The molecule has 132 valence electrons. The number of halogens is 1. The van der Waals surface area contributed by atoms with Gasteiger partial charge in [0.1, 0.15) is 5.82 Å². The Balaban J connectivity index is 1.90. The first kappa shape index (κ1) is 18.3. The highest BCUT2D eigenvalue weighted by Gasteiger charge is 2.24. The van der Waals surface area contributed by atoms with Gasteiger partial charge >= 0.3 is 0 Å². The molecule has 0 aromatic heterocycles. The Morgan fingerprint density at radius 3 is 2.75 bits per heavy atom. The van der Waals surface area contributed by atoms with Crippen LogP contribution in [0.25, 0.3) is 0 Å². The number of sulfonamides is 1. The number of benzene rings is 1. The lowest BCUT2D eigenvalue weighted by Crippen LogP contribution is -2.50. The van der Waals surface area contributed by atoms with E-state index in [9.17, 15) is 22.4 Å². The number of hydrogen-bond donors (Lipinski definition) is 2. The number of nitrogens with zero attached hydrogens (tertiary/aromatic N) is 1. The second-order valence-electron chi connectivity index (χ2n) is 5.81. The Morgan fingerprint density at radius 2 is 2.12 bits per heavy atom. The monoisotopic (exact) mass is 357 g/mol. The fourth-order valence-corrected chi connectivity index (χ4v) is 3.50. The molecule has 0 spiro atoms. The number of piperidine rings is 1. The third-order valence-electron chi connectivity index (χ3n) is 3.85. The number of carbonyl (C=O) groups excluding carboxylic acids is 2. The lowest BCUT2D eigenvalue weighted by molar-refractivity contribution is -0.133. The largest absolute Gasteiger partial charge is 0.350 e. The Hall–Kier alpha value is -2.00. The molecule has 7 nitrogen and oxygen atoms in total. The molecular formula is C15H20FN3O4S. The lowest BCUT2D eigenvalue weighted by Gasteiger charge is -2.30. The summed E-state index contributed by atoms with van der Waals surface area (Å²) >= 11 is 0. The van der Waals surface area contributed by atoms with Gasteiger partial charge in [-0.3, -0.25) is 9.59 Å². The van der Waals surface area contributed by atoms with Crippen LogP contribution < -0.4 is 10.0 Å². The van der Waals surface area contributed by atoms with Crippen molar-refractivity contribution in [3.05, 3.63) is 29.6 Å². The van der Waals surface area contributed by atoms with Crippen LogP contribution in [0.5, 0.6) is 0 Å². The summed E-state index contributed by atoms with van der Waals surface area (Å²) < 4.78 is 39.6. The molecule has 1 aliphatic rings. The van der Waals surface area contributed by atoms with Crippen LogP contribution in [0.4, 0.5) is 4.39 Å². The van der Waals surface area contributed by atoms with E-state index in [1.165, 1.54) is 17.9 Å². The molecule has 9 heteroatoms. The van der Waals surface area contributed by atoms with E-state index in [1.54, 1.807) is 7.05 Å². The molecule has 1 heterocycles. The molecule has 1 aromatic rings. The van der Waals surface area contributed by atoms with E-state index < -0.39 is 28.3 Å². The Labute approximate surface area is 140 Å². The van der Waals surface area contributed by atoms with Crippen molar-refractivity contribution in [3.63, 3.8) is 0 Å². The van der Waals surface area contributed by atoms with Crippen LogP contribution in [-0.2, 0) is 19.6 Å². The van der Waals surface area contributed by atoms with E-state index in [2.05, 4.69) is 10.0 Å². The summed E-state index contributed by atoms with van der Waals surface area (Å²) in [6, 6.07) is 3.22. The summed E-state index contributed by atoms with van der Waals surface area (Å²) in [7, 11) is -2.24. The fourth-order valence-electron chi connectivity index (χ4n) is 2.44. The zero-order chi connectivity index (χ0) is 17.9. The minimum absolute atomic E-state index is 0.0212. The average Bonchev–Trinajstić information content (AvgIpc) is 2.52. The van der Waals surface area contributed by atoms with Gasteiger partial charge in [-0.15, -0.1) is 0 Å². The molecule has 0 radical (unpaired) electrons. The van der Waals surface area contributed by atoms with Crippen LogP contribution in [-0.4, -0.2) is 51.3 Å². The predicted molar refractivity (Wildman–Crippen MR) is 85.1 cm³/mol. The Bertz CT molecular complexity index is 751. The van der Waals surface area contributed by atoms with Crippen LogP contribution in [0.2, 0.25) is 0 Å². The van der Waals surface area contributed by atoms with Gasteiger partial charge in [-0.05, 0) is 37.1 Å². The van der Waals surface area contributed by atoms with Gasteiger partial charge in [-0.1, -0.05) is 0 Å². The first-order chi connectivity index (χ1) is 11.2. The van der Waals surface area contributed by atoms with E-state index in [-0.39, 0.29) is 22.4 Å². The Kier molecular flexibility index (Phi) is 5.55. The summed E-state index contributed by atoms with van der Waals surface area (Å²) in [6.45, 7) is 1.43. The zero-order valence-electron chi connectivity index (χ0n) is 13.5. The zero-order valence-corrected chi connectivity index (χ0v) is 14.3. The van der Waals surface area contributed by atoms with E-state index in [1.807, 2.05) is 0 Å². The predicted octanol–water partition coefficient (Wildman–Crippen LogP) is 0.149. The summed E-state index contributed by atoms with van der Waals surface area (Å²) in [5.74, 6) is -0.958. The van der Waals surface area contributed by atoms with Gasteiger partial charge in [-0.25, -0.2) is 17.5 Å². The first-order valence-corrected chi connectivity index (χ1v) is 8.96. The number of likely N-dealkylation sites (tertiary alicyclic amines) is 1. The van der Waals surface area contributed by atoms with Crippen LogP contribution in [0, 0.1) is 12.7 Å². The van der Waals surface area contributed by atoms with Crippen LogP contribution in [0.1, 0.15) is 18.4 Å². The molecule has 2 rings (SSSR count). The van der Waals surface area contributed by atoms with Crippen LogP contribution in [0.3, 0.4) is 0 Å². The fraction of sp³-hybridized carbons (Fsp3) is 0.467. The topological polar surface area (TPSA) is 95.6 Å². The van der Waals surface area contributed by atoms with E-state index in [4.69, 9.17) is 0 Å². The molecule has 0 unspecified atom stereocenters. The molecule has 1 aliphatic heterocycles. The molecule has 1 fully saturated rings. The summed E-state index contributed by atoms with van der Waals surface area (Å²) in [5, 5.41) is 2.69.